The zero-order valence-corrected chi connectivity index (χ0v) is 15.0. The van der Waals surface area contributed by atoms with Gasteiger partial charge in [-0.25, -0.2) is 0 Å². The maximum atomic E-state index is 13.3. The highest BCUT2D eigenvalue weighted by Gasteiger charge is 2.89. The fourth-order valence-corrected chi connectivity index (χ4v) is 4.42. The number of carbonyl (C=O) groups is 3. The van der Waals surface area contributed by atoms with Crippen molar-refractivity contribution in [1.29, 1.82) is 0 Å². The van der Waals surface area contributed by atoms with Crippen LogP contribution < -0.4 is 4.74 Å². The lowest BCUT2D eigenvalue weighted by Gasteiger charge is -2.21. The Morgan fingerprint density at radius 3 is 2.46 bits per heavy atom. The van der Waals surface area contributed by atoms with E-state index >= 15 is 0 Å². The number of hydrogen-bond acceptors (Lipinski definition) is 7. The average molecular weight is 381 g/mol. The Bertz CT molecular complexity index is 1050. The van der Waals surface area contributed by atoms with E-state index in [2.05, 4.69) is 0 Å². The molecule has 142 valence electrons. The molecule has 2 aliphatic rings. The van der Waals surface area contributed by atoms with Crippen LogP contribution in [0.2, 0.25) is 0 Å². The van der Waals surface area contributed by atoms with E-state index in [1.807, 2.05) is 0 Å². The van der Waals surface area contributed by atoms with Crippen LogP contribution in [0.4, 0.5) is 5.69 Å². The Labute approximate surface area is 159 Å². The molecule has 1 fully saturated rings. The zero-order valence-electron chi connectivity index (χ0n) is 15.0. The fraction of sp³-hybridized carbons (Fsp3) is 0.250. The first-order valence-corrected chi connectivity index (χ1v) is 8.49. The average Bonchev–Trinajstić information content (AvgIpc) is 3.30. The van der Waals surface area contributed by atoms with Crippen molar-refractivity contribution in [3.05, 3.63) is 69.8 Å². The summed E-state index contributed by atoms with van der Waals surface area (Å²) in [5.41, 5.74) is -3.00. The molecule has 0 amide bonds. The van der Waals surface area contributed by atoms with Crippen molar-refractivity contribution in [3.8, 4) is 5.75 Å². The topological polar surface area (TPSA) is 113 Å². The van der Waals surface area contributed by atoms with Gasteiger partial charge in [-0.2, -0.15) is 0 Å². The number of Topliss-reactive ketones (excluding diaryl/α,β-unsaturated/α-hetero) is 1. The van der Waals surface area contributed by atoms with E-state index in [1.165, 1.54) is 25.1 Å². The second kappa shape index (κ2) is 5.72. The van der Waals surface area contributed by atoms with Crippen LogP contribution in [0.1, 0.15) is 28.8 Å². The number of hydrogen-bond donors (Lipinski definition) is 0. The molecule has 0 saturated heterocycles. The molecule has 8 nitrogen and oxygen atoms in total. The summed E-state index contributed by atoms with van der Waals surface area (Å²) in [6, 6.07) is 12.0. The summed E-state index contributed by atoms with van der Waals surface area (Å²) >= 11 is 0. The molecule has 8 heteroatoms. The van der Waals surface area contributed by atoms with Crippen molar-refractivity contribution in [3.63, 3.8) is 0 Å². The van der Waals surface area contributed by atoms with Crippen molar-refractivity contribution >= 4 is 23.4 Å². The number of nitro benzene ring substituents is 1. The van der Waals surface area contributed by atoms with Gasteiger partial charge in [0.2, 0.25) is 0 Å². The van der Waals surface area contributed by atoms with Crippen LogP contribution in [0.15, 0.2) is 48.5 Å². The van der Waals surface area contributed by atoms with Crippen LogP contribution in [0, 0.1) is 20.9 Å². The summed E-state index contributed by atoms with van der Waals surface area (Å²) in [5.74, 6) is -3.04. The monoisotopic (exact) mass is 381 g/mol. The summed E-state index contributed by atoms with van der Waals surface area (Å²) in [6.07, 6.45) is 0. The molecule has 2 aromatic carbocycles. The quantitative estimate of drug-likeness (QED) is 0.200. The third kappa shape index (κ3) is 1.97. The van der Waals surface area contributed by atoms with E-state index in [4.69, 9.17) is 9.47 Å². The number of nitrogens with zero attached hydrogens (tertiary/aromatic N) is 1. The van der Waals surface area contributed by atoms with Gasteiger partial charge in [0, 0.05) is 29.2 Å². The van der Waals surface area contributed by atoms with Gasteiger partial charge >= 0.3 is 11.9 Å². The Hall–Kier alpha value is -3.55. The number of nitro groups is 1. The Balaban J connectivity index is 1.94. The first kappa shape index (κ1) is 17.8. The van der Waals surface area contributed by atoms with Gasteiger partial charge in [-0.1, -0.05) is 30.3 Å². The van der Waals surface area contributed by atoms with E-state index in [0.717, 1.165) is 7.11 Å². The van der Waals surface area contributed by atoms with Crippen molar-refractivity contribution < 1.29 is 28.8 Å². The molecular formula is C20H15NO7. The van der Waals surface area contributed by atoms with Crippen LogP contribution in [0.3, 0.4) is 0 Å². The molecule has 1 aliphatic carbocycles. The van der Waals surface area contributed by atoms with Crippen LogP contribution in [-0.4, -0.2) is 29.8 Å². The minimum Gasteiger partial charge on any atom is -0.468 e. The maximum absolute atomic E-state index is 13.3. The van der Waals surface area contributed by atoms with Crippen LogP contribution in [0.5, 0.6) is 5.75 Å². The number of ether oxygens (including phenoxy) is 2. The minimum atomic E-state index is -1.88. The highest BCUT2D eigenvalue weighted by Crippen LogP contribution is 2.78. The van der Waals surface area contributed by atoms with E-state index in [9.17, 15) is 24.5 Å². The lowest BCUT2D eigenvalue weighted by molar-refractivity contribution is -0.385. The number of methoxy groups -OCH3 is 1. The zero-order chi connectivity index (χ0) is 20.3. The summed E-state index contributed by atoms with van der Waals surface area (Å²) in [7, 11) is 1.12. The Kier molecular flexibility index (Phi) is 3.65. The molecule has 1 heterocycles. The van der Waals surface area contributed by atoms with Crippen LogP contribution in [0.25, 0.3) is 0 Å². The molecule has 0 bridgehead atoms. The molecule has 0 radical (unpaired) electrons. The van der Waals surface area contributed by atoms with Crippen molar-refractivity contribution in [2.45, 2.75) is 12.8 Å². The Morgan fingerprint density at radius 2 is 1.86 bits per heavy atom. The first-order chi connectivity index (χ1) is 13.3. The van der Waals surface area contributed by atoms with E-state index in [1.54, 1.807) is 30.3 Å². The summed E-state index contributed by atoms with van der Waals surface area (Å²) < 4.78 is 10.2. The largest absolute Gasteiger partial charge is 0.468 e. The number of carbonyl (C=O) groups excluding carboxylic acids is 3. The van der Waals surface area contributed by atoms with E-state index in [-0.39, 0.29) is 17.0 Å². The lowest BCUT2D eigenvalue weighted by Crippen LogP contribution is -2.39. The van der Waals surface area contributed by atoms with Gasteiger partial charge in [-0.15, -0.1) is 0 Å². The SMILES string of the molecule is COC(=O)[C@@]12C(=O)Oc3ccc([N+](=O)[O-])cc3[C@H]1[C@@]2(C)C(=O)c1ccccc1. The van der Waals surface area contributed by atoms with Gasteiger partial charge in [0.05, 0.1) is 17.4 Å². The smallest absolute Gasteiger partial charge is 0.330 e. The van der Waals surface area contributed by atoms with Gasteiger partial charge in [0.15, 0.2) is 11.2 Å². The number of non-ortho nitro benzene ring substituents is 1. The molecule has 2 aromatic rings. The van der Waals surface area contributed by atoms with Crippen molar-refractivity contribution in [2.75, 3.05) is 7.11 Å². The minimum absolute atomic E-state index is 0.102. The predicted octanol–water partition coefficient (Wildman–Crippen LogP) is 2.66. The maximum Gasteiger partial charge on any atom is 0.330 e. The first-order valence-electron chi connectivity index (χ1n) is 8.49. The molecule has 1 aliphatic heterocycles. The predicted molar refractivity (Wildman–Crippen MR) is 94.8 cm³/mol. The number of ketones is 1. The second-order valence-electron chi connectivity index (χ2n) is 7.00. The van der Waals surface area contributed by atoms with Gasteiger partial charge < -0.3 is 9.47 Å². The van der Waals surface area contributed by atoms with Crippen LogP contribution >= 0.6 is 0 Å². The molecule has 0 N–H and O–H groups in total. The van der Waals surface area contributed by atoms with Crippen molar-refractivity contribution in [2.24, 2.45) is 10.8 Å². The molecule has 0 aromatic heterocycles. The molecule has 3 atom stereocenters. The second-order valence-corrected chi connectivity index (χ2v) is 7.00. The highest BCUT2D eigenvalue weighted by molar-refractivity contribution is 6.20. The van der Waals surface area contributed by atoms with Crippen LogP contribution in [-0.2, 0) is 14.3 Å². The standard InChI is InChI=1S/C20H15NO7/c1-19(16(22)11-6-4-3-5-7-11)15-13-10-12(21(25)26)8-9-14(13)28-18(24)20(15,19)17(23)27-2/h3-10,15H,1-2H3/t15-,19-,20+/m0/s1. The van der Waals surface area contributed by atoms with E-state index in [0.29, 0.717) is 5.56 Å². The molecule has 0 unspecified atom stereocenters. The number of rotatable bonds is 4. The highest BCUT2D eigenvalue weighted by atomic mass is 16.6. The lowest BCUT2D eigenvalue weighted by atomic mass is 9.87. The number of fused-ring (bicyclic) bond motifs is 3. The van der Waals surface area contributed by atoms with E-state index < -0.39 is 39.4 Å². The molecule has 1 saturated carbocycles. The summed E-state index contributed by atoms with van der Waals surface area (Å²) in [6.45, 7) is 1.50. The molecular weight excluding hydrogens is 366 g/mol. The Morgan fingerprint density at radius 1 is 1.18 bits per heavy atom. The molecule has 4 rings (SSSR count). The third-order valence-corrected chi connectivity index (χ3v) is 5.80. The van der Waals surface area contributed by atoms with Gasteiger partial charge in [-0.3, -0.25) is 24.5 Å². The number of benzene rings is 2. The number of esters is 2. The van der Waals surface area contributed by atoms with Gasteiger partial charge in [0.25, 0.3) is 5.69 Å². The molecule has 0 spiro atoms. The fourth-order valence-electron chi connectivity index (χ4n) is 4.42. The summed E-state index contributed by atoms with van der Waals surface area (Å²) in [4.78, 5) is 49.5. The molecule has 28 heavy (non-hydrogen) atoms. The van der Waals surface area contributed by atoms with Gasteiger partial charge in [-0.05, 0) is 13.0 Å². The van der Waals surface area contributed by atoms with Crippen molar-refractivity contribution in [1.82, 2.24) is 0 Å². The van der Waals surface area contributed by atoms with Gasteiger partial charge in [0.1, 0.15) is 5.75 Å². The summed E-state index contributed by atoms with van der Waals surface area (Å²) in [5, 5.41) is 11.2. The normalized spacial score (nSPS) is 27.1. The third-order valence-electron chi connectivity index (χ3n) is 5.80.